The van der Waals surface area contributed by atoms with Crippen LogP contribution in [0.1, 0.15) is 64.7 Å². The van der Waals surface area contributed by atoms with Crippen LogP contribution in [0.2, 0.25) is 0 Å². The van der Waals surface area contributed by atoms with Crippen molar-refractivity contribution in [3.63, 3.8) is 0 Å². The van der Waals surface area contributed by atoms with Crippen molar-refractivity contribution in [3.05, 3.63) is 23.8 Å². The molecule has 0 aromatic rings. The van der Waals surface area contributed by atoms with Crippen molar-refractivity contribution in [2.75, 3.05) is 7.05 Å². The maximum Gasteiger partial charge on any atom is 0.331 e. The molecule has 6 atom stereocenters. The Bertz CT molecular complexity index is 720. The van der Waals surface area contributed by atoms with Crippen LogP contribution >= 0.6 is 0 Å². The van der Waals surface area contributed by atoms with E-state index in [1.165, 1.54) is 44.2 Å². The lowest BCUT2D eigenvalue weighted by Crippen LogP contribution is -2.53. The highest BCUT2D eigenvalue weighted by molar-refractivity contribution is 5.96. The summed E-state index contributed by atoms with van der Waals surface area (Å²) in [6.45, 7) is 2.33. The number of aliphatic imine (C=N–C) groups is 1. The quantitative estimate of drug-likeness (QED) is 0.631. The first kappa shape index (κ1) is 16.8. The number of nitrogens with zero attached hydrogens (tertiary/aromatic N) is 1. The number of carbonyl (C=O) groups excluding carboxylic acids is 1. The highest BCUT2D eigenvalue weighted by Crippen LogP contribution is 2.68. The second-order valence-electron chi connectivity index (χ2n) is 9.28. The van der Waals surface area contributed by atoms with E-state index in [1.54, 1.807) is 11.6 Å². The second-order valence-corrected chi connectivity index (χ2v) is 9.28. The van der Waals surface area contributed by atoms with Gasteiger partial charge in [-0.15, -0.1) is 0 Å². The molecule has 140 valence electrons. The summed E-state index contributed by atoms with van der Waals surface area (Å²) in [7, 11) is 1.93. The molecule has 26 heavy (non-hydrogen) atoms. The van der Waals surface area contributed by atoms with Crippen LogP contribution in [0.5, 0.6) is 0 Å². The average Bonchev–Trinajstić information content (AvgIpc) is 3.22. The molecule has 3 nitrogen and oxygen atoms in total. The van der Waals surface area contributed by atoms with Crippen molar-refractivity contribution in [3.8, 4) is 0 Å². The SMILES string of the molecule is CCC12CCC3C4CCC(=NC)C=C4CCC3C1CCC21C=CC(=O)O1. The lowest BCUT2D eigenvalue weighted by atomic mass is 9.49. The van der Waals surface area contributed by atoms with Crippen molar-refractivity contribution in [1.82, 2.24) is 0 Å². The monoisotopic (exact) mass is 353 g/mol. The summed E-state index contributed by atoms with van der Waals surface area (Å²) in [5, 5.41) is 0. The van der Waals surface area contributed by atoms with Gasteiger partial charge in [-0.2, -0.15) is 0 Å². The number of hydrogen-bond acceptors (Lipinski definition) is 3. The summed E-state index contributed by atoms with van der Waals surface area (Å²) in [6, 6.07) is 0. The van der Waals surface area contributed by atoms with Crippen LogP contribution in [-0.2, 0) is 9.53 Å². The number of allylic oxidation sites excluding steroid dienone is 2. The standard InChI is InChI=1S/C23H31NO2/c1-3-22-11-8-18-17-7-5-16(24-2)14-15(17)4-6-19(18)20(22)9-12-23(22)13-10-21(25)26-23/h10,13-14,17-20H,3-9,11-12H2,1-2H3. The lowest BCUT2D eigenvalue weighted by molar-refractivity contribution is -0.164. The molecule has 0 aromatic carbocycles. The molecule has 5 rings (SSSR count). The fourth-order valence-corrected chi connectivity index (χ4v) is 7.81. The summed E-state index contributed by atoms with van der Waals surface area (Å²) in [6.07, 6.45) is 17.2. The second kappa shape index (κ2) is 5.81. The molecule has 1 aliphatic heterocycles. The molecule has 0 N–H and O–H groups in total. The van der Waals surface area contributed by atoms with Gasteiger partial charge in [0.15, 0.2) is 0 Å². The first-order chi connectivity index (χ1) is 12.6. The highest BCUT2D eigenvalue weighted by atomic mass is 16.6. The fraction of sp³-hybridized carbons (Fsp3) is 0.739. The Morgan fingerprint density at radius 2 is 2.04 bits per heavy atom. The van der Waals surface area contributed by atoms with E-state index in [-0.39, 0.29) is 17.0 Å². The number of carbonyl (C=O) groups is 1. The molecule has 3 heteroatoms. The molecular formula is C23H31NO2. The molecule has 5 aliphatic rings. The Morgan fingerprint density at radius 3 is 2.77 bits per heavy atom. The van der Waals surface area contributed by atoms with Gasteiger partial charge in [-0.05, 0) is 93.6 Å². The number of ether oxygens (including phenoxy) is 1. The molecule has 3 saturated carbocycles. The van der Waals surface area contributed by atoms with Gasteiger partial charge in [-0.3, -0.25) is 4.99 Å². The molecule has 3 fully saturated rings. The van der Waals surface area contributed by atoms with E-state index in [0.717, 1.165) is 42.9 Å². The predicted octanol–water partition coefficient (Wildman–Crippen LogP) is 4.87. The van der Waals surface area contributed by atoms with E-state index in [4.69, 9.17) is 4.74 Å². The maximum absolute atomic E-state index is 11.9. The minimum absolute atomic E-state index is 0.117. The Morgan fingerprint density at radius 1 is 1.15 bits per heavy atom. The largest absolute Gasteiger partial charge is 0.451 e. The fourth-order valence-electron chi connectivity index (χ4n) is 7.81. The molecule has 0 bridgehead atoms. The number of hydrogen-bond donors (Lipinski definition) is 0. The van der Waals surface area contributed by atoms with E-state index in [0.29, 0.717) is 0 Å². The van der Waals surface area contributed by atoms with E-state index in [2.05, 4.69) is 24.1 Å². The van der Waals surface area contributed by atoms with Crippen LogP contribution in [0.4, 0.5) is 0 Å². The van der Waals surface area contributed by atoms with E-state index >= 15 is 0 Å². The zero-order valence-electron chi connectivity index (χ0n) is 16.2. The zero-order chi connectivity index (χ0) is 17.9. The summed E-state index contributed by atoms with van der Waals surface area (Å²) in [4.78, 5) is 16.4. The highest BCUT2D eigenvalue weighted by Gasteiger charge is 2.66. The first-order valence-electron chi connectivity index (χ1n) is 10.7. The topological polar surface area (TPSA) is 38.7 Å². The van der Waals surface area contributed by atoms with Crippen LogP contribution in [-0.4, -0.2) is 24.3 Å². The van der Waals surface area contributed by atoms with Crippen molar-refractivity contribution >= 4 is 11.7 Å². The molecule has 0 amide bonds. The van der Waals surface area contributed by atoms with Crippen molar-refractivity contribution in [2.24, 2.45) is 34.1 Å². The summed E-state index contributed by atoms with van der Waals surface area (Å²) in [5.41, 5.74) is 2.88. The molecule has 0 aromatic heterocycles. The maximum atomic E-state index is 11.9. The van der Waals surface area contributed by atoms with Gasteiger partial charge in [-0.25, -0.2) is 4.79 Å². The first-order valence-corrected chi connectivity index (χ1v) is 10.7. The Balaban J connectivity index is 1.47. The molecular weight excluding hydrogens is 322 g/mol. The normalized spacial score (nSPS) is 48.2. The Kier molecular flexibility index (Phi) is 3.75. The molecule has 1 heterocycles. The molecule has 4 aliphatic carbocycles. The van der Waals surface area contributed by atoms with Crippen LogP contribution in [0.3, 0.4) is 0 Å². The van der Waals surface area contributed by atoms with Gasteiger partial charge >= 0.3 is 5.97 Å². The number of rotatable bonds is 1. The third-order valence-corrected chi connectivity index (χ3v) is 8.88. The van der Waals surface area contributed by atoms with Crippen LogP contribution in [0.25, 0.3) is 0 Å². The van der Waals surface area contributed by atoms with E-state index in [1.807, 2.05) is 7.05 Å². The van der Waals surface area contributed by atoms with Gasteiger partial charge in [0.2, 0.25) is 0 Å². The van der Waals surface area contributed by atoms with Crippen molar-refractivity contribution in [2.45, 2.75) is 70.3 Å². The third-order valence-electron chi connectivity index (χ3n) is 8.88. The zero-order valence-corrected chi connectivity index (χ0v) is 16.2. The molecule has 0 saturated heterocycles. The number of esters is 1. The minimum atomic E-state index is -0.292. The van der Waals surface area contributed by atoms with E-state index < -0.39 is 0 Å². The summed E-state index contributed by atoms with van der Waals surface area (Å²) >= 11 is 0. The van der Waals surface area contributed by atoms with Crippen molar-refractivity contribution in [1.29, 1.82) is 0 Å². The van der Waals surface area contributed by atoms with Crippen LogP contribution in [0.15, 0.2) is 28.8 Å². The van der Waals surface area contributed by atoms with Gasteiger partial charge < -0.3 is 4.74 Å². The van der Waals surface area contributed by atoms with Crippen molar-refractivity contribution < 1.29 is 9.53 Å². The van der Waals surface area contributed by atoms with E-state index in [9.17, 15) is 4.79 Å². The van der Waals surface area contributed by atoms with Gasteiger partial charge in [0.25, 0.3) is 0 Å². The smallest absolute Gasteiger partial charge is 0.331 e. The predicted molar refractivity (Wildman–Crippen MR) is 103 cm³/mol. The van der Waals surface area contributed by atoms with Crippen LogP contribution < -0.4 is 0 Å². The Labute approximate surface area is 157 Å². The molecule has 0 radical (unpaired) electrons. The number of fused-ring (bicyclic) bond motifs is 6. The minimum Gasteiger partial charge on any atom is -0.451 e. The van der Waals surface area contributed by atoms with Gasteiger partial charge in [0, 0.05) is 24.3 Å². The van der Waals surface area contributed by atoms with Crippen LogP contribution in [0, 0.1) is 29.1 Å². The van der Waals surface area contributed by atoms with Gasteiger partial charge in [0.1, 0.15) is 5.60 Å². The van der Waals surface area contributed by atoms with Gasteiger partial charge in [0.05, 0.1) is 0 Å². The molecule has 6 unspecified atom stereocenters. The summed E-state index contributed by atoms with van der Waals surface area (Å²) < 4.78 is 6.01. The average molecular weight is 354 g/mol. The third kappa shape index (κ3) is 2.06. The summed E-state index contributed by atoms with van der Waals surface area (Å²) in [5.74, 6) is 3.05. The molecule has 1 spiro atoms. The Hall–Kier alpha value is -1.38. The lowest BCUT2D eigenvalue weighted by Gasteiger charge is -2.56. The van der Waals surface area contributed by atoms with Gasteiger partial charge in [-0.1, -0.05) is 12.5 Å².